The Bertz CT molecular complexity index is 471. The summed E-state index contributed by atoms with van der Waals surface area (Å²) >= 11 is 0. The Morgan fingerprint density at radius 2 is 1.90 bits per heavy atom. The highest BCUT2D eigenvalue weighted by atomic mass is 16.5. The van der Waals surface area contributed by atoms with Crippen molar-refractivity contribution in [2.24, 2.45) is 0 Å². The summed E-state index contributed by atoms with van der Waals surface area (Å²) in [6, 6.07) is 0. The maximum atomic E-state index is 12.1. The van der Waals surface area contributed by atoms with Gasteiger partial charge in [0.25, 0.3) is 0 Å². The summed E-state index contributed by atoms with van der Waals surface area (Å²) in [5, 5.41) is 0. The van der Waals surface area contributed by atoms with Crippen molar-refractivity contribution < 1.29 is 18.7 Å². The topological polar surface area (TPSA) is 56.5 Å². The van der Waals surface area contributed by atoms with E-state index in [1.54, 1.807) is 20.8 Å². The number of ether oxygens (including phenoxy) is 1. The van der Waals surface area contributed by atoms with Crippen LogP contribution in [0.1, 0.15) is 67.5 Å². The van der Waals surface area contributed by atoms with E-state index in [1.807, 2.05) is 0 Å². The Morgan fingerprint density at radius 3 is 2.45 bits per heavy atom. The molecule has 0 radical (unpaired) electrons. The summed E-state index contributed by atoms with van der Waals surface area (Å²) in [4.78, 5) is 23.2. The Morgan fingerprint density at radius 1 is 1.20 bits per heavy atom. The predicted octanol–water partition coefficient (Wildman–Crippen LogP) is 3.63. The van der Waals surface area contributed by atoms with Crippen molar-refractivity contribution in [2.45, 2.75) is 59.8 Å². The van der Waals surface area contributed by atoms with E-state index < -0.39 is 0 Å². The second-order valence-electron chi connectivity index (χ2n) is 4.96. The zero-order valence-electron chi connectivity index (χ0n) is 12.9. The second-order valence-corrected chi connectivity index (χ2v) is 4.96. The number of hydrogen-bond acceptors (Lipinski definition) is 4. The zero-order chi connectivity index (χ0) is 15.1. The van der Waals surface area contributed by atoms with Crippen LogP contribution < -0.4 is 0 Å². The molecule has 4 nitrogen and oxygen atoms in total. The number of carbonyl (C=O) groups is 2. The van der Waals surface area contributed by atoms with Gasteiger partial charge in [-0.25, -0.2) is 4.79 Å². The highest BCUT2D eigenvalue weighted by Crippen LogP contribution is 2.26. The van der Waals surface area contributed by atoms with Crippen molar-refractivity contribution in [3.63, 3.8) is 0 Å². The first-order chi connectivity index (χ1) is 9.51. The smallest absolute Gasteiger partial charge is 0.341 e. The first kappa shape index (κ1) is 16.5. The van der Waals surface area contributed by atoms with Crippen molar-refractivity contribution in [2.75, 3.05) is 6.61 Å². The van der Waals surface area contributed by atoms with E-state index in [-0.39, 0.29) is 11.8 Å². The van der Waals surface area contributed by atoms with E-state index in [0.717, 1.165) is 30.6 Å². The third-order valence-electron chi connectivity index (χ3n) is 3.23. The van der Waals surface area contributed by atoms with E-state index in [0.29, 0.717) is 30.8 Å². The van der Waals surface area contributed by atoms with Crippen LogP contribution in [0, 0.1) is 6.92 Å². The Balaban J connectivity index is 3.07. The number of rotatable bonds is 8. The lowest BCUT2D eigenvalue weighted by Gasteiger charge is -2.05. The van der Waals surface area contributed by atoms with Crippen LogP contribution in [0.15, 0.2) is 4.42 Å². The molecule has 4 heteroatoms. The van der Waals surface area contributed by atoms with Crippen molar-refractivity contribution in [1.82, 2.24) is 0 Å². The SMILES string of the molecule is CCCCc1c(CCC(C)=O)oc(C)c1C(=O)OCC. The molecule has 0 aliphatic rings. The van der Waals surface area contributed by atoms with Crippen LogP contribution >= 0.6 is 0 Å². The Labute approximate surface area is 120 Å². The highest BCUT2D eigenvalue weighted by molar-refractivity contribution is 5.92. The summed E-state index contributed by atoms with van der Waals surface area (Å²) < 4.78 is 10.8. The predicted molar refractivity (Wildman–Crippen MR) is 77.0 cm³/mol. The van der Waals surface area contributed by atoms with Gasteiger partial charge in [0, 0.05) is 18.4 Å². The average Bonchev–Trinajstić information content (AvgIpc) is 2.70. The largest absolute Gasteiger partial charge is 0.465 e. The lowest BCUT2D eigenvalue weighted by atomic mass is 10.0. The molecular formula is C16H24O4. The fourth-order valence-corrected chi connectivity index (χ4v) is 2.23. The maximum absolute atomic E-state index is 12.1. The van der Waals surface area contributed by atoms with Crippen molar-refractivity contribution in [1.29, 1.82) is 0 Å². The van der Waals surface area contributed by atoms with Crippen molar-refractivity contribution >= 4 is 11.8 Å². The van der Waals surface area contributed by atoms with Gasteiger partial charge in [-0.2, -0.15) is 0 Å². The molecule has 0 saturated heterocycles. The number of carbonyl (C=O) groups excluding carboxylic acids is 2. The molecule has 20 heavy (non-hydrogen) atoms. The van der Waals surface area contributed by atoms with Crippen LogP contribution in [-0.2, 0) is 22.4 Å². The third kappa shape index (κ3) is 4.22. The van der Waals surface area contributed by atoms with Crippen LogP contribution in [0.2, 0.25) is 0 Å². The number of esters is 1. The van der Waals surface area contributed by atoms with E-state index in [9.17, 15) is 9.59 Å². The van der Waals surface area contributed by atoms with E-state index in [4.69, 9.17) is 9.15 Å². The molecule has 0 bridgehead atoms. The van der Waals surface area contributed by atoms with Gasteiger partial charge in [0.2, 0.25) is 0 Å². The number of furan rings is 1. The van der Waals surface area contributed by atoms with Gasteiger partial charge in [-0.1, -0.05) is 13.3 Å². The van der Waals surface area contributed by atoms with Gasteiger partial charge < -0.3 is 13.9 Å². The molecule has 1 aromatic rings. The van der Waals surface area contributed by atoms with Crippen LogP contribution in [0.3, 0.4) is 0 Å². The highest BCUT2D eigenvalue weighted by Gasteiger charge is 2.23. The summed E-state index contributed by atoms with van der Waals surface area (Å²) in [6.07, 6.45) is 3.80. The Hall–Kier alpha value is -1.58. The molecule has 0 unspecified atom stereocenters. The van der Waals surface area contributed by atoms with Gasteiger partial charge in [-0.05, 0) is 33.6 Å². The van der Waals surface area contributed by atoms with Gasteiger partial charge in [-0.15, -0.1) is 0 Å². The minimum absolute atomic E-state index is 0.123. The van der Waals surface area contributed by atoms with Crippen molar-refractivity contribution in [3.05, 3.63) is 22.6 Å². The van der Waals surface area contributed by atoms with E-state index >= 15 is 0 Å². The van der Waals surface area contributed by atoms with Gasteiger partial charge in [0.1, 0.15) is 22.9 Å². The molecular weight excluding hydrogens is 256 g/mol. The van der Waals surface area contributed by atoms with Gasteiger partial charge in [0.15, 0.2) is 0 Å². The molecule has 112 valence electrons. The quantitative estimate of drug-likeness (QED) is 0.682. The second kappa shape index (κ2) is 7.88. The molecule has 0 spiro atoms. The molecule has 0 saturated carbocycles. The molecule has 1 rings (SSSR count). The summed E-state index contributed by atoms with van der Waals surface area (Å²) in [7, 11) is 0. The summed E-state index contributed by atoms with van der Waals surface area (Å²) in [6.45, 7) is 7.58. The zero-order valence-corrected chi connectivity index (χ0v) is 12.9. The average molecular weight is 280 g/mol. The standard InChI is InChI=1S/C16H24O4/c1-5-7-8-13-14(10-9-11(3)17)20-12(4)15(13)16(18)19-6-2/h5-10H2,1-4H3. The van der Waals surface area contributed by atoms with Crippen LogP contribution in [-0.4, -0.2) is 18.4 Å². The molecule has 0 aliphatic carbocycles. The first-order valence-corrected chi connectivity index (χ1v) is 7.28. The fourth-order valence-electron chi connectivity index (χ4n) is 2.23. The van der Waals surface area contributed by atoms with Crippen LogP contribution in [0.25, 0.3) is 0 Å². The van der Waals surface area contributed by atoms with Gasteiger partial charge in [-0.3, -0.25) is 0 Å². The summed E-state index contributed by atoms with van der Waals surface area (Å²) in [5.41, 5.74) is 1.47. The molecule has 1 aromatic heterocycles. The first-order valence-electron chi connectivity index (χ1n) is 7.28. The molecule has 0 aliphatic heterocycles. The normalized spacial score (nSPS) is 10.6. The number of aryl methyl sites for hydroxylation is 2. The van der Waals surface area contributed by atoms with Crippen molar-refractivity contribution in [3.8, 4) is 0 Å². The van der Waals surface area contributed by atoms with Gasteiger partial charge >= 0.3 is 5.97 Å². The van der Waals surface area contributed by atoms with E-state index in [1.165, 1.54) is 0 Å². The molecule has 0 fully saturated rings. The molecule has 0 amide bonds. The summed E-state index contributed by atoms with van der Waals surface area (Å²) in [5.74, 6) is 1.15. The lowest BCUT2D eigenvalue weighted by molar-refractivity contribution is -0.117. The molecule has 1 heterocycles. The number of ketones is 1. The van der Waals surface area contributed by atoms with Crippen LogP contribution in [0.4, 0.5) is 0 Å². The maximum Gasteiger partial charge on any atom is 0.341 e. The molecule has 0 N–H and O–H groups in total. The molecule has 0 atom stereocenters. The monoisotopic (exact) mass is 280 g/mol. The van der Waals surface area contributed by atoms with Gasteiger partial charge in [0.05, 0.1) is 6.61 Å². The van der Waals surface area contributed by atoms with Crippen LogP contribution in [0.5, 0.6) is 0 Å². The number of unbranched alkanes of at least 4 members (excludes halogenated alkanes) is 1. The number of hydrogen-bond donors (Lipinski definition) is 0. The third-order valence-corrected chi connectivity index (χ3v) is 3.23. The lowest BCUT2D eigenvalue weighted by Crippen LogP contribution is -2.08. The molecule has 0 aromatic carbocycles. The van der Waals surface area contributed by atoms with E-state index in [2.05, 4.69) is 6.92 Å². The minimum atomic E-state index is -0.325. The minimum Gasteiger partial charge on any atom is -0.465 e. The Kier molecular flexibility index (Phi) is 6.49. The fraction of sp³-hybridized carbons (Fsp3) is 0.625. The number of Topliss-reactive ketones (excluding diaryl/α,β-unsaturated/α-hetero) is 1.